The van der Waals surface area contributed by atoms with Gasteiger partial charge >= 0.3 is 6.18 Å². The van der Waals surface area contributed by atoms with Crippen LogP contribution in [-0.2, 0) is 15.8 Å². The molecule has 9 nitrogen and oxygen atoms in total. The number of benzene rings is 1. The number of nitrogens with zero attached hydrogens (tertiary/aromatic N) is 3. The summed E-state index contributed by atoms with van der Waals surface area (Å²) >= 11 is 5.94. The van der Waals surface area contributed by atoms with Crippen LogP contribution >= 0.6 is 11.6 Å². The van der Waals surface area contributed by atoms with Crippen molar-refractivity contribution in [2.45, 2.75) is 38.8 Å². The number of rotatable bonds is 15. The third-order valence-electron chi connectivity index (χ3n) is 6.57. The highest BCUT2D eigenvalue weighted by Gasteiger charge is 2.42. The minimum atomic E-state index is -4.58. The van der Waals surface area contributed by atoms with Crippen LogP contribution < -0.4 is 16.0 Å². The third-order valence-corrected chi connectivity index (χ3v) is 6.88. The van der Waals surface area contributed by atoms with Gasteiger partial charge in [0.25, 0.3) is 5.91 Å². The van der Waals surface area contributed by atoms with E-state index in [0.717, 1.165) is 30.0 Å². The van der Waals surface area contributed by atoms with Crippen LogP contribution in [0.2, 0.25) is 5.02 Å². The van der Waals surface area contributed by atoms with Crippen LogP contribution in [-0.4, -0.2) is 80.4 Å². The number of amides is 2. The molecule has 1 aliphatic carbocycles. The number of aliphatic hydroxyl groups is 1. The van der Waals surface area contributed by atoms with Gasteiger partial charge in [0.05, 0.1) is 16.3 Å². The van der Waals surface area contributed by atoms with E-state index in [0.29, 0.717) is 49.9 Å². The van der Waals surface area contributed by atoms with E-state index in [-0.39, 0.29) is 22.7 Å². The quantitative estimate of drug-likeness (QED) is 0.149. The van der Waals surface area contributed by atoms with Crippen molar-refractivity contribution in [3.05, 3.63) is 40.2 Å². The molecule has 0 spiro atoms. The number of anilines is 1. The number of alkyl halides is 3. The van der Waals surface area contributed by atoms with Crippen molar-refractivity contribution < 1.29 is 27.9 Å². The first-order valence-corrected chi connectivity index (χ1v) is 12.7. The summed E-state index contributed by atoms with van der Waals surface area (Å²) in [5, 5.41) is 22.7. The zero-order valence-electron chi connectivity index (χ0n) is 21.9. The maximum Gasteiger partial charge on any atom is 0.416 e. The molecule has 2 rings (SSSR count). The summed E-state index contributed by atoms with van der Waals surface area (Å²) in [6.07, 6.45) is -1.53. The number of carbonyl (C=O) groups is 2. The standard InChI is InChI=1S/C25H36ClF3N6O3/c1-5-19(31-3)22(34(13-11-30-2)12-10-24(16-36)8-9-24)23(38)35(32-4)15-21(37)33-20-7-6-17(14-18(20)26)25(27,28)29/h6-7,14,30-31,36H,4-5,8-13,15-16H2,1-3H3,(H,33,37)/b22-19+. The molecule has 1 aromatic rings. The Morgan fingerprint density at radius 3 is 2.39 bits per heavy atom. The van der Waals surface area contributed by atoms with Crippen molar-refractivity contribution in [2.24, 2.45) is 10.5 Å². The molecule has 38 heavy (non-hydrogen) atoms. The Morgan fingerprint density at radius 1 is 1.24 bits per heavy atom. The molecular weight excluding hydrogens is 525 g/mol. The zero-order valence-corrected chi connectivity index (χ0v) is 22.7. The lowest BCUT2D eigenvalue weighted by Gasteiger charge is -2.32. The number of allylic oxidation sites excluding steroid dienone is 1. The van der Waals surface area contributed by atoms with Crippen LogP contribution in [0.5, 0.6) is 0 Å². The molecule has 2 amide bonds. The summed E-state index contributed by atoms with van der Waals surface area (Å²) in [5.41, 5.74) is -0.146. The lowest BCUT2D eigenvalue weighted by molar-refractivity contribution is -0.137. The van der Waals surface area contributed by atoms with Crippen LogP contribution in [0.1, 0.15) is 38.2 Å². The van der Waals surface area contributed by atoms with Crippen LogP contribution in [0.15, 0.2) is 34.7 Å². The van der Waals surface area contributed by atoms with Gasteiger partial charge in [0.1, 0.15) is 12.2 Å². The molecule has 1 aliphatic rings. The third kappa shape index (κ3) is 8.34. The van der Waals surface area contributed by atoms with Gasteiger partial charge < -0.3 is 26.0 Å². The monoisotopic (exact) mass is 560 g/mol. The second-order valence-electron chi connectivity index (χ2n) is 9.17. The van der Waals surface area contributed by atoms with Crippen LogP contribution in [0.4, 0.5) is 18.9 Å². The molecule has 212 valence electrons. The molecular formula is C25H36ClF3N6O3. The fourth-order valence-corrected chi connectivity index (χ4v) is 4.19. The fourth-order valence-electron chi connectivity index (χ4n) is 3.96. The Bertz CT molecular complexity index is 1020. The smallest absolute Gasteiger partial charge is 0.396 e. The van der Waals surface area contributed by atoms with E-state index in [1.54, 1.807) is 14.1 Å². The van der Waals surface area contributed by atoms with E-state index in [1.165, 1.54) is 0 Å². The summed E-state index contributed by atoms with van der Waals surface area (Å²) in [6, 6.07) is 2.56. The molecule has 0 heterocycles. The van der Waals surface area contributed by atoms with Crippen molar-refractivity contribution in [1.82, 2.24) is 20.5 Å². The molecule has 0 aliphatic heterocycles. The van der Waals surface area contributed by atoms with E-state index >= 15 is 0 Å². The number of likely N-dealkylation sites (N-methyl/N-ethyl adjacent to an activating group) is 1. The average molecular weight is 561 g/mol. The van der Waals surface area contributed by atoms with Crippen molar-refractivity contribution in [3.8, 4) is 0 Å². The topological polar surface area (TPSA) is 109 Å². The van der Waals surface area contributed by atoms with Gasteiger partial charge in [-0.2, -0.15) is 18.3 Å². The number of carbonyl (C=O) groups excluding carboxylic acids is 2. The summed E-state index contributed by atoms with van der Waals surface area (Å²) in [7, 11) is 3.50. The summed E-state index contributed by atoms with van der Waals surface area (Å²) < 4.78 is 38.7. The Hall–Kier alpha value is -2.83. The predicted molar refractivity (Wildman–Crippen MR) is 142 cm³/mol. The number of hydrogen-bond acceptors (Lipinski definition) is 7. The fraction of sp³-hybridized carbons (Fsp3) is 0.560. The Morgan fingerprint density at radius 2 is 1.92 bits per heavy atom. The van der Waals surface area contributed by atoms with Gasteiger partial charge in [-0.25, -0.2) is 5.01 Å². The predicted octanol–water partition coefficient (Wildman–Crippen LogP) is 3.27. The largest absolute Gasteiger partial charge is 0.416 e. The molecule has 13 heteroatoms. The minimum absolute atomic E-state index is 0.0317. The SMILES string of the molecule is C=NN(CC(=O)Nc1ccc(C(F)(F)F)cc1Cl)C(=O)/C(=C(/CC)NC)N(CCNC)CCC1(CO)CC1. The molecule has 0 radical (unpaired) electrons. The van der Waals surface area contributed by atoms with Crippen LogP contribution in [0.3, 0.4) is 0 Å². The van der Waals surface area contributed by atoms with Crippen molar-refractivity contribution >= 4 is 35.8 Å². The van der Waals surface area contributed by atoms with Crippen LogP contribution in [0, 0.1) is 5.41 Å². The lowest BCUT2D eigenvalue weighted by Crippen LogP contribution is -2.43. The van der Waals surface area contributed by atoms with E-state index < -0.39 is 30.1 Å². The van der Waals surface area contributed by atoms with Gasteiger partial charge in [-0.05, 0) is 56.3 Å². The van der Waals surface area contributed by atoms with Crippen LogP contribution in [0.25, 0.3) is 0 Å². The number of hydrazone groups is 1. The van der Waals surface area contributed by atoms with Gasteiger partial charge in [0.15, 0.2) is 0 Å². The maximum absolute atomic E-state index is 13.7. The summed E-state index contributed by atoms with van der Waals surface area (Å²) in [6.45, 7) is 6.45. The minimum Gasteiger partial charge on any atom is -0.396 e. The Labute approximate surface area is 226 Å². The molecule has 1 aromatic carbocycles. The first-order valence-electron chi connectivity index (χ1n) is 12.3. The van der Waals surface area contributed by atoms with Gasteiger partial charge in [-0.15, -0.1) is 0 Å². The first kappa shape index (κ1) is 31.4. The van der Waals surface area contributed by atoms with E-state index in [4.69, 9.17) is 11.6 Å². The second-order valence-corrected chi connectivity index (χ2v) is 9.58. The van der Waals surface area contributed by atoms with Gasteiger partial charge in [-0.1, -0.05) is 18.5 Å². The second kappa shape index (κ2) is 13.8. The molecule has 0 bridgehead atoms. The Kier molecular flexibility index (Phi) is 11.4. The summed E-state index contributed by atoms with van der Waals surface area (Å²) in [5.74, 6) is -1.28. The number of nitrogens with one attached hydrogen (secondary N) is 3. The van der Waals surface area contributed by atoms with Crippen molar-refractivity contribution in [1.29, 1.82) is 0 Å². The van der Waals surface area contributed by atoms with Gasteiger partial charge in [0, 0.05) is 45.7 Å². The molecule has 1 fully saturated rings. The molecule has 4 N–H and O–H groups in total. The van der Waals surface area contributed by atoms with Crippen molar-refractivity contribution in [3.63, 3.8) is 0 Å². The molecule has 0 saturated heterocycles. The zero-order chi connectivity index (χ0) is 28.5. The number of aliphatic hydroxyl groups excluding tert-OH is 1. The highest BCUT2D eigenvalue weighted by atomic mass is 35.5. The number of halogens is 4. The molecule has 0 unspecified atom stereocenters. The normalized spacial score (nSPS) is 14.8. The highest BCUT2D eigenvalue weighted by Crippen LogP contribution is 2.48. The number of hydrogen-bond donors (Lipinski definition) is 4. The average Bonchev–Trinajstić information content (AvgIpc) is 3.67. The van der Waals surface area contributed by atoms with E-state index in [2.05, 4.69) is 27.8 Å². The molecule has 0 atom stereocenters. The Balaban J connectivity index is 2.26. The summed E-state index contributed by atoms with van der Waals surface area (Å²) in [4.78, 5) is 28.4. The van der Waals surface area contributed by atoms with E-state index in [1.807, 2.05) is 11.8 Å². The van der Waals surface area contributed by atoms with Gasteiger partial charge in [-0.3, -0.25) is 9.59 Å². The molecule has 0 aromatic heterocycles. The maximum atomic E-state index is 13.7. The van der Waals surface area contributed by atoms with Gasteiger partial charge in [0.2, 0.25) is 5.91 Å². The lowest BCUT2D eigenvalue weighted by atomic mass is 10.0. The molecule has 1 saturated carbocycles. The van der Waals surface area contributed by atoms with E-state index in [9.17, 15) is 27.9 Å². The van der Waals surface area contributed by atoms with Crippen molar-refractivity contribution in [2.75, 3.05) is 52.2 Å². The highest BCUT2D eigenvalue weighted by molar-refractivity contribution is 6.33. The first-order chi connectivity index (χ1) is 17.9.